The second-order valence-corrected chi connectivity index (χ2v) is 5.98. The number of rotatable bonds is 9. The molecule has 28 heavy (non-hydrogen) atoms. The van der Waals surface area contributed by atoms with Crippen molar-refractivity contribution >= 4 is 35.8 Å². The Hall–Kier alpha value is -2.29. The van der Waals surface area contributed by atoms with E-state index in [1.54, 1.807) is 7.05 Å². The van der Waals surface area contributed by atoms with Crippen molar-refractivity contribution in [2.45, 2.75) is 19.9 Å². The fraction of sp³-hybridized carbons (Fsp3) is 0.333. The Labute approximate surface area is 184 Å². The van der Waals surface area contributed by atoms with Gasteiger partial charge >= 0.3 is 0 Å². The number of likely N-dealkylation sites (N-methyl/N-ethyl adjacent to an activating group) is 1. The third-order valence-electron chi connectivity index (χ3n) is 3.87. The van der Waals surface area contributed by atoms with Crippen LogP contribution in [0.25, 0.3) is 0 Å². The first-order valence-corrected chi connectivity index (χ1v) is 9.18. The summed E-state index contributed by atoms with van der Waals surface area (Å²) in [4.78, 5) is 15.7. The fourth-order valence-corrected chi connectivity index (χ4v) is 2.52. The number of aliphatic imine (C=N–C) groups is 1. The zero-order chi connectivity index (χ0) is 19.3. The summed E-state index contributed by atoms with van der Waals surface area (Å²) in [5.74, 6) is 1.30. The van der Waals surface area contributed by atoms with Crippen LogP contribution in [0, 0.1) is 0 Å². The fourth-order valence-electron chi connectivity index (χ4n) is 2.52. The van der Waals surface area contributed by atoms with Crippen LogP contribution in [0.4, 0.5) is 0 Å². The molecule has 0 heterocycles. The molecule has 152 valence electrons. The van der Waals surface area contributed by atoms with Gasteiger partial charge < -0.3 is 20.7 Å². The average Bonchev–Trinajstić information content (AvgIpc) is 2.70. The molecule has 0 aromatic heterocycles. The van der Waals surface area contributed by atoms with Gasteiger partial charge in [-0.15, -0.1) is 24.0 Å². The largest absolute Gasteiger partial charge is 0.484 e. The van der Waals surface area contributed by atoms with E-state index in [0.717, 1.165) is 24.5 Å². The number of carbonyl (C=O) groups is 1. The van der Waals surface area contributed by atoms with Crippen molar-refractivity contribution in [2.24, 2.45) is 4.99 Å². The van der Waals surface area contributed by atoms with Crippen molar-refractivity contribution in [3.05, 3.63) is 65.7 Å². The normalized spacial score (nSPS) is 10.6. The van der Waals surface area contributed by atoms with Gasteiger partial charge in [-0.25, -0.2) is 0 Å². The Kier molecular flexibility index (Phi) is 11.7. The van der Waals surface area contributed by atoms with Gasteiger partial charge in [0.15, 0.2) is 12.6 Å². The van der Waals surface area contributed by atoms with Gasteiger partial charge in [0.05, 0.1) is 0 Å². The number of hydrogen-bond donors (Lipinski definition) is 3. The molecule has 3 N–H and O–H groups in total. The lowest BCUT2D eigenvalue weighted by Crippen LogP contribution is -2.37. The van der Waals surface area contributed by atoms with Gasteiger partial charge in [-0.3, -0.25) is 9.79 Å². The molecule has 0 unspecified atom stereocenters. The monoisotopic (exact) mass is 496 g/mol. The number of ether oxygens (including phenoxy) is 1. The minimum atomic E-state index is -0.121. The van der Waals surface area contributed by atoms with E-state index in [2.05, 4.69) is 33.1 Å². The smallest absolute Gasteiger partial charge is 0.257 e. The Bertz CT molecular complexity index is 738. The van der Waals surface area contributed by atoms with Crippen molar-refractivity contribution in [3.8, 4) is 5.75 Å². The number of amides is 1. The first-order chi connectivity index (χ1) is 13.2. The molecule has 0 bridgehead atoms. The maximum absolute atomic E-state index is 11.5. The average molecular weight is 496 g/mol. The van der Waals surface area contributed by atoms with E-state index in [9.17, 15) is 4.79 Å². The minimum Gasteiger partial charge on any atom is -0.484 e. The predicted molar refractivity (Wildman–Crippen MR) is 124 cm³/mol. The molecule has 0 fully saturated rings. The van der Waals surface area contributed by atoms with Crippen LogP contribution in [0.5, 0.6) is 5.75 Å². The highest BCUT2D eigenvalue weighted by molar-refractivity contribution is 14.0. The molecule has 0 aliphatic heterocycles. The number of nitrogens with one attached hydrogen (secondary N) is 3. The van der Waals surface area contributed by atoms with Crippen LogP contribution in [0.15, 0.2) is 59.6 Å². The van der Waals surface area contributed by atoms with E-state index in [1.807, 2.05) is 49.4 Å². The molecule has 0 radical (unpaired) electrons. The van der Waals surface area contributed by atoms with Gasteiger partial charge in [-0.2, -0.15) is 0 Å². The molecule has 0 aliphatic rings. The van der Waals surface area contributed by atoms with Crippen LogP contribution in [-0.4, -0.2) is 38.6 Å². The third-order valence-corrected chi connectivity index (χ3v) is 3.87. The molecule has 1 amide bonds. The Balaban J connectivity index is 0.00000392. The third kappa shape index (κ3) is 9.07. The SMILES string of the molecule is CCNC(=O)COc1cccc(CNC(=NC)NCCc2ccccc2)c1.I. The topological polar surface area (TPSA) is 74.8 Å². The van der Waals surface area contributed by atoms with Crippen molar-refractivity contribution in [2.75, 3.05) is 26.7 Å². The van der Waals surface area contributed by atoms with E-state index in [-0.39, 0.29) is 36.5 Å². The maximum Gasteiger partial charge on any atom is 0.257 e. The quantitative estimate of drug-likeness (QED) is 0.284. The highest BCUT2D eigenvalue weighted by atomic mass is 127. The van der Waals surface area contributed by atoms with Crippen molar-refractivity contribution in [3.63, 3.8) is 0 Å². The number of nitrogens with zero attached hydrogens (tertiary/aromatic N) is 1. The van der Waals surface area contributed by atoms with Crippen LogP contribution in [0.2, 0.25) is 0 Å². The zero-order valence-corrected chi connectivity index (χ0v) is 18.7. The summed E-state index contributed by atoms with van der Waals surface area (Å²) >= 11 is 0. The van der Waals surface area contributed by atoms with Crippen molar-refractivity contribution < 1.29 is 9.53 Å². The van der Waals surface area contributed by atoms with Crippen LogP contribution in [0.1, 0.15) is 18.1 Å². The van der Waals surface area contributed by atoms with Crippen LogP contribution in [-0.2, 0) is 17.8 Å². The number of guanidine groups is 1. The molecule has 0 aliphatic carbocycles. The van der Waals surface area contributed by atoms with Gasteiger partial charge in [0.1, 0.15) is 5.75 Å². The summed E-state index contributed by atoms with van der Waals surface area (Å²) in [5, 5.41) is 9.31. The first-order valence-electron chi connectivity index (χ1n) is 9.18. The Morgan fingerprint density at radius 3 is 2.46 bits per heavy atom. The molecule has 7 heteroatoms. The lowest BCUT2D eigenvalue weighted by molar-refractivity contribution is -0.122. The highest BCUT2D eigenvalue weighted by Crippen LogP contribution is 2.13. The van der Waals surface area contributed by atoms with Crippen LogP contribution >= 0.6 is 24.0 Å². The van der Waals surface area contributed by atoms with Gasteiger partial charge in [0.2, 0.25) is 0 Å². The minimum absolute atomic E-state index is 0. The van der Waals surface area contributed by atoms with E-state index >= 15 is 0 Å². The second-order valence-electron chi connectivity index (χ2n) is 5.98. The molecular weight excluding hydrogens is 467 g/mol. The van der Waals surface area contributed by atoms with E-state index < -0.39 is 0 Å². The number of benzene rings is 2. The standard InChI is InChI=1S/C21H28N4O2.HI/c1-3-23-20(26)16-27-19-11-7-10-18(14-19)15-25-21(22-2)24-13-12-17-8-5-4-6-9-17;/h4-11,14H,3,12-13,15-16H2,1-2H3,(H,23,26)(H2,22,24,25);1H. The lowest BCUT2D eigenvalue weighted by atomic mass is 10.1. The van der Waals surface area contributed by atoms with Gasteiger partial charge in [-0.05, 0) is 36.6 Å². The molecule has 0 saturated heterocycles. The summed E-state index contributed by atoms with van der Waals surface area (Å²) < 4.78 is 5.52. The van der Waals surface area contributed by atoms with Gasteiger partial charge in [0, 0.05) is 26.7 Å². The number of carbonyl (C=O) groups excluding carboxylic acids is 1. The maximum atomic E-state index is 11.5. The van der Waals surface area contributed by atoms with Gasteiger partial charge in [0.25, 0.3) is 5.91 Å². The van der Waals surface area contributed by atoms with Gasteiger partial charge in [-0.1, -0.05) is 42.5 Å². The van der Waals surface area contributed by atoms with E-state index in [0.29, 0.717) is 18.8 Å². The van der Waals surface area contributed by atoms with Crippen molar-refractivity contribution in [1.82, 2.24) is 16.0 Å². The molecule has 0 spiro atoms. The summed E-state index contributed by atoms with van der Waals surface area (Å²) in [6.45, 7) is 3.92. The summed E-state index contributed by atoms with van der Waals surface area (Å²) in [7, 11) is 1.75. The molecule has 0 atom stereocenters. The number of hydrogen-bond acceptors (Lipinski definition) is 3. The summed E-state index contributed by atoms with van der Waals surface area (Å²) in [6.07, 6.45) is 0.935. The molecular formula is C21H29IN4O2. The van der Waals surface area contributed by atoms with Crippen molar-refractivity contribution in [1.29, 1.82) is 0 Å². The Morgan fingerprint density at radius 1 is 1.00 bits per heavy atom. The highest BCUT2D eigenvalue weighted by Gasteiger charge is 2.03. The number of halogens is 1. The second kappa shape index (κ2) is 13.8. The molecule has 0 saturated carbocycles. The molecule has 2 rings (SSSR count). The summed E-state index contributed by atoms with van der Waals surface area (Å²) in [5.41, 5.74) is 2.34. The predicted octanol–water partition coefficient (Wildman–Crippen LogP) is 2.73. The summed E-state index contributed by atoms with van der Waals surface area (Å²) in [6, 6.07) is 18.0. The van der Waals surface area contributed by atoms with E-state index in [1.165, 1.54) is 5.56 Å². The Morgan fingerprint density at radius 2 is 1.75 bits per heavy atom. The van der Waals surface area contributed by atoms with Crippen LogP contribution in [0.3, 0.4) is 0 Å². The molecule has 2 aromatic carbocycles. The zero-order valence-electron chi connectivity index (χ0n) is 16.4. The molecule has 2 aromatic rings. The first kappa shape index (κ1) is 23.7. The lowest BCUT2D eigenvalue weighted by Gasteiger charge is -2.13. The van der Waals surface area contributed by atoms with Crippen LogP contribution < -0.4 is 20.7 Å². The molecule has 6 nitrogen and oxygen atoms in total. The van der Waals surface area contributed by atoms with E-state index in [4.69, 9.17) is 4.74 Å².